The van der Waals surface area contributed by atoms with Crippen molar-refractivity contribution in [2.24, 2.45) is 0 Å². The summed E-state index contributed by atoms with van der Waals surface area (Å²) in [6.45, 7) is 0. The minimum atomic E-state index is -3.68. The number of hydrogen-bond donors (Lipinski definition) is 0. The van der Waals surface area contributed by atoms with Gasteiger partial charge in [-0.2, -0.15) is 0 Å². The van der Waals surface area contributed by atoms with Crippen LogP contribution in [0.5, 0.6) is 0 Å². The summed E-state index contributed by atoms with van der Waals surface area (Å²) in [5.74, 6) is 0. The molecule has 3 rings (SSSR count). The lowest BCUT2D eigenvalue weighted by Crippen LogP contribution is -2.18. The molecule has 1 unspecified atom stereocenters. The Morgan fingerprint density at radius 2 is 2.22 bits per heavy atom. The lowest BCUT2D eigenvalue weighted by molar-refractivity contribution is 0.242. The Morgan fingerprint density at radius 1 is 1.39 bits per heavy atom. The van der Waals surface area contributed by atoms with Gasteiger partial charge in [0.1, 0.15) is 0 Å². The fraction of sp³-hybridized carbons (Fsp3) is 0.167. The highest BCUT2D eigenvalue weighted by molar-refractivity contribution is 8.13. The summed E-state index contributed by atoms with van der Waals surface area (Å²) >= 11 is 1.51. The van der Waals surface area contributed by atoms with E-state index in [4.69, 9.17) is 15.4 Å². The van der Waals surface area contributed by atoms with Gasteiger partial charge in [0.25, 0.3) is 9.05 Å². The van der Waals surface area contributed by atoms with Crippen molar-refractivity contribution in [3.8, 4) is 0 Å². The highest BCUT2D eigenvalue weighted by Gasteiger charge is 2.26. The van der Waals surface area contributed by atoms with Gasteiger partial charge in [-0.3, -0.25) is 0 Å². The predicted octanol–water partition coefficient (Wildman–Crippen LogP) is 3.06. The quantitative estimate of drug-likeness (QED) is 0.748. The molecule has 0 aromatic heterocycles. The lowest BCUT2D eigenvalue weighted by Gasteiger charge is -2.28. The molecule has 2 heterocycles. The molecule has 0 fully saturated rings. The van der Waals surface area contributed by atoms with E-state index in [0.717, 1.165) is 16.9 Å². The van der Waals surface area contributed by atoms with Crippen LogP contribution < -0.4 is 0 Å². The second-order valence-corrected chi connectivity index (χ2v) is 7.71. The van der Waals surface area contributed by atoms with E-state index in [0.29, 0.717) is 0 Å². The fourth-order valence-corrected chi connectivity index (χ4v) is 3.97. The molecule has 6 heteroatoms. The number of halogens is 1. The van der Waals surface area contributed by atoms with Crippen LogP contribution in [-0.4, -0.2) is 13.9 Å². The van der Waals surface area contributed by atoms with Crippen LogP contribution in [0.3, 0.4) is 0 Å². The third-order valence-corrected chi connectivity index (χ3v) is 5.46. The lowest BCUT2D eigenvalue weighted by atomic mass is 10.0. The summed E-state index contributed by atoms with van der Waals surface area (Å²) in [7, 11) is 1.67. The van der Waals surface area contributed by atoms with Crippen LogP contribution in [0.1, 0.15) is 5.56 Å². The summed E-state index contributed by atoms with van der Waals surface area (Å²) in [5.41, 5.74) is 2.23. The minimum absolute atomic E-state index is 0.0595. The largest absolute Gasteiger partial charge is 0.483 e. The van der Waals surface area contributed by atoms with E-state index in [2.05, 4.69) is 0 Å². The summed E-state index contributed by atoms with van der Waals surface area (Å²) in [4.78, 5) is 1.04. The first-order valence-electron chi connectivity index (χ1n) is 5.29. The molecule has 0 saturated heterocycles. The molecule has 3 nitrogen and oxygen atoms in total. The number of rotatable bonds is 1. The van der Waals surface area contributed by atoms with E-state index in [1.807, 2.05) is 18.2 Å². The zero-order chi connectivity index (χ0) is 12.8. The molecule has 0 spiro atoms. The van der Waals surface area contributed by atoms with Gasteiger partial charge in [0.05, 0.1) is 11.2 Å². The molecule has 0 radical (unpaired) electrons. The van der Waals surface area contributed by atoms with Gasteiger partial charge in [0.2, 0.25) is 0 Å². The van der Waals surface area contributed by atoms with Gasteiger partial charge in [-0.15, -0.1) is 0 Å². The van der Waals surface area contributed by atoms with Crippen LogP contribution in [0, 0.1) is 0 Å². The third kappa shape index (κ3) is 2.18. The molecule has 1 aromatic rings. The molecule has 0 amide bonds. The molecule has 0 N–H and O–H groups in total. The molecule has 0 bridgehead atoms. The first kappa shape index (κ1) is 12.1. The Morgan fingerprint density at radius 3 is 3.00 bits per heavy atom. The maximum atomic E-state index is 11.3. The number of hydrogen-bond acceptors (Lipinski definition) is 4. The number of allylic oxidation sites excluding steroid dienone is 2. The minimum Gasteiger partial charge on any atom is -0.483 e. The standard InChI is InChI=1S/C12H9ClO3S2/c13-18(14,15)10-4-3-8-6-9-2-1-5-16-12(9)17-11(8)7-10/h1-5,7,12H,6H2. The molecule has 0 saturated carbocycles. The van der Waals surface area contributed by atoms with Gasteiger partial charge in [0.15, 0.2) is 5.44 Å². The van der Waals surface area contributed by atoms with E-state index in [9.17, 15) is 8.42 Å². The zero-order valence-corrected chi connectivity index (χ0v) is 11.6. The van der Waals surface area contributed by atoms with Gasteiger partial charge < -0.3 is 4.74 Å². The van der Waals surface area contributed by atoms with Crippen molar-refractivity contribution in [3.63, 3.8) is 0 Å². The molecule has 18 heavy (non-hydrogen) atoms. The highest BCUT2D eigenvalue weighted by atomic mass is 35.7. The van der Waals surface area contributed by atoms with E-state index in [1.54, 1.807) is 18.4 Å². The first-order valence-corrected chi connectivity index (χ1v) is 8.48. The zero-order valence-electron chi connectivity index (χ0n) is 9.17. The molecular formula is C12H9ClO3S2. The van der Waals surface area contributed by atoms with Gasteiger partial charge in [-0.1, -0.05) is 23.9 Å². The van der Waals surface area contributed by atoms with E-state index in [-0.39, 0.29) is 10.3 Å². The monoisotopic (exact) mass is 300 g/mol. The Hall–Kier alpha value is -0.910. The first-order chi connectivity index (χ1) is 8.54. The number of fused-ring (bicyclic) bond motifs is 2. The summed E-state index contributed by atoms with van der Waals surface area (Å²) in [6, 6.07) is 4.97. The van der Waals surface area contributed by atoms with Crippen LogP contribution in [0.2, 0.25) is 0 Å². The Balaban J connectivity index is 2.03. The normalized spacial score (nSPS) is 21.6. The third-order valence-electron chi connectivity index (χ3n) is 2.84. The van der Waals surface area contributed by atoms with Crippen LogP contribution in [-0.2, 0) is 20.2 Å². The van der Waals surface area contributed by atoms with Gasteiger partial charge >= 0.3 is 0 Å². The van der Waals surface area contributed by atoms with Crippen LogP contribution in [0.25, 0.3) is 0 Å². The van der Waals surface area contributed by atoms with Crippen molar-refractivity contribution in [2.75, 3.05) is 0 Å². The Bertz CT molecular complexity index is 662. The van der Waals surface area contributed by atoms with Crippen molar-refractivity contribution in [2.45, 2.75) is 21.6 Å². The van der Waals surface area contributed by atoms with E-state index in [1.165, 1.54) is 17.3 Å². The van der Waals surface area contributed by atoms with Gasteiger partial charge in [-0.05, 0) is 35.8 Å². The number of thioether (sulfide) groups is 1. The van der Waals surface area contributed by atoms with Crippen molar-refractivity contribution in [1.82, 2.24) is 0 Å². The van der Waals surface area contributed by atoms with Gasteiger partial charge in [0, 0.05) is 15.6 Å². The van der Waals surface area contributed by atoms with Crippen molar-refractivity contribution < 1.29 is 13.2 Å². The van der Waals surface area contributed by atoms with E-state index >= 15 is 0 Å². The molecule has 0 aliphatic carbocycles. The summed E-state index contributed by atoms with van der Waals surface area (Å²) in [6.07, 6.45) is 6.33. The van der Waals surface area contributed by atoms with Crippen LogP contribution in [0.4, 0.5) is 0 Å². The Labute approximate surface area is 114 Å². The van der Waals surface area contributed by atoms with Crippen molar-refractivity contribution in [1.29, 1.82) is 0 Å². The predicted molar refractivity (Wildman–Crippen MR) is 71.1 cm³/mol. The van der Waals surface area contributed by atoms with Gasteiger partial charge in [-0.25, -0.2) is 8.42 Å². The topological polar surface area (TPSA) is 43.4 Å². The summed E-state index contributed by atoms with van der Waals surface area (Å²) < 4.78 is 28.1. The second-order valence-electron chi connectivity index (χ2n) is 4.04. The average molecular weight is 301 g/mol. The molecule has 2 aliphatic rings. The highest BCUT2D eigenvalue weighted by Crippen LogP contribution is 2.41. The smallest absolute Gasteiger partial charge is 0.261 e. The van der Waals surface area contributed by atoms with Crippen LogP contribution >= 0.6 is 22.4 Å². The molecule has 1 aromatic carbocycles. The number of ether oxygens (including phenoxy) is 1. The van der Waals surface area contributed by atoms with Crippen LogP contribution in [0.15, 0.2) is 52.0 Å². The molecular weight excluding hydrogens is 292 g/mol. The van der Waals surface area contributed by atoms with Crippen molar-refractivity contribution >= 4 is 31.5 Å². The number of benzene rings is 1. The average Bonchev–Trinajstić information content (AvgIpc) is 2.34. The fourth-order valence-electron chi connectivity index (χ4n) is 1.97. The maximum absolute atomic E-state index is 11.3. The molecule has 2 aliphatic heterocycles. The summed E-state index contributed by atoms with van der Waals surface area (Å²) in [5, 5.41) is 0. The maximum Gasteiger partial charge on any atom is 0.261 e. The van der Waals surface area contributed by atoms with E-state index < -0.39 is 9.05 Å². The Kier molecular flexibility index (Phi) is 2.92. The molecule has 1 atom stereocenters. The molecule has 94 valence electrons. The van der Waals surface area contributed by atoms with Crippen molar-refractivity contribution in [3.05, 3.63) is 47.7 Å². The second kappa shape index (κ2) is 4.33. The SMILES string of the molecule is O=S(=O)(Cl)c1ccc2c(c1)SC1OC=CC=C1C2.